The van der Waals surface area contributed by atoms with Crippen molar-refractivity contribution in [2.75, 3.05) is 11.1 Å². The molecule has 3 aromatic carbocycles. The lowest BCUT2D eigenvalue weighted by Crippen LogP contribution is -2.38. The molecule has 0 saturated carbocycles. The molecule has 1 fully saturated rings. The Labute approximate surface area is 246 Å². The average Bonchev–Trinajstić information content (AvgIpc) is 3.45. The van der Waals surface area contributed by atoms with E-state index in [0.29, 0.717) is 22.1 Å². The molecule has 12 heteroatoms. The third kappa shape index (κ3) is 6.02. The highest BCUT2D eigenvalue weighted by atomic mass is 32.2. The lowest BCUT2D eigenvalue weighted by molar-refractivity contribution is -0.268. The van der Waals surface area contributed by atoms with Crippen LogP contribution in [0.15, 0.2) is 84.1 Å². The number of hydrogen-bond acceptors (Lipinski definition) is 10. The molecule has 0 spiro atoms. The number of nitrogens with one attached hydrogen (secondary N) is 1. The monoisotopic (exact) mass is 583 g/mol. The lowest BCUT2D eigenvalue weighted by Gasteiger charge is -2.41. The Morgan fingerprint density at radius 3 is 2.45 bits per heavy atom. The average molecular weight is 584 g/mol. The number of aliphatic hydroxyl groups excluding tert-OH is 1. The van der Waals surface area contributed by atoms with Crippen molar-refractivity contribution >= 4 is 34.4 Å². The molecule has 214 valence electrons. The first-order chi connectivity index (χ1) is 20.5. The van der Waals surface area contributed by atoms with Crippen molar-refractivity contribution in [3.63, 3.8) is 0 Å². The fourth-order valence-corrected chi connectivity index (χ4v) is 5.81. The molecule has 0 aliphatic carbocycles. The number of anilines is 1. The summed E-state index contributed by atoms with van der Waals surface area (Å²) in [6, 6.07) is 22.6. The maximum Gasteiger partial charge on any atom is 0.275 e. The maximum atomic E-state index is 12.9. The summed E-state index contributed by atoms with van der Waals surface area (Å²) in [5.74, 6) is 0.305. The zero-order valence-corrected chi connectivity index (χ0v) is 23.8. The molecular weight excluding hydrogens is 554 g/mol. The van der Waals surface area contributed by atoms with Gasteiger partial charge in [0, 0.05) is 30.0 Å². The van der Waals surface area contributed by atoms with Crippen LogP contribution in [0.1, 0.15) is 46.5 Å². The van der Waals surface area contributed by atoms with E-state index in [4.69, 9.17) is 9.47 Å². The highest BCUT2D eigenvalue weighted by Gasteiger charge is 2.38. The molecule has 4 unspecified atom stereocenters. The first-order valence-corrected chi connectivity index (χ1v) is 14.5. The number of rotatable bonds is 8. The summed E-state index contributed by atoms with van der Waals surface area (Å²) >= 11 is 1.53. The van der Waals surface area contributed by atoms with Gasteiger partial charge in [0.1, 0.15) is 5.69 Å². The van der Waals surface area contributed by atoms with Crippen molar-refractivity contribution in [1.29, 1.82) is 0 Å². The number of tetrazole rings is 1. The number of nitrogens with zero attached hydrogens (tertiary/aromatic N) is 6. The molecule has 5 aromatic rings. The van der Waals surface area contributed by atoms with Gasteiger partial charge in [-0.3, -0.25) is 9.78 Å². The standard InChI is InChI=1S/C30H29N7O4S/c1-18-26(17-42-30-34-35-36-37(30)2)40-29(41-27(18)20-9-7-19(16-38)8-10-20)21-11-13-22(14-12-21)32-28(39)25-15-31-23-5-3-4-6-24(23)33-25/h3-15,18,26-27,29,38H,16-17H2,1-2H3,(H,32,39). The zero-order chi connectivity index (χ0) is 29.1. The molecule has 0 bridgehead atoms. The number of carbonyl (C=O) groups excluding carboxylic acids is 1. The van der Waals surface area contributed by atoms with E-state index in [-0.39, 0.29) is 36.3 Å². The van der Waals surface area contributed by atoms with E-state index < -0.39 is 6.29 Å². The fourth-order valence-electron chi connectivity index (χ4n) is 4.80. The van der Waals surface area contributed by atoms with Crippen LogP contribution in [-0.4, -0.2) is 53.0 Å². The van der Waals surface area contributed by atoms with Gasteiger partial charge in [0.05, 0.1) is 36.0 Å². The predicted molar refractivity (Wildman–Crippen MR) is 156 cm³/mol. The first kappa shape index (κ1) is 27.9. The number of aromatic nitrogens is 6. The summed E-state index contributed by atoms with van der Waals surface area (Å²) in [6.45, 7) is 2.09. The Kier molecular flexibility index (Phi) is 8.20. The van der Waals surface area contributed by atoms with Gasteiger partial charge in [-0.15, -0.1) is 5.10 Å². The summed E-state index contributed by atoms with van der Waals surface area (Å²) in [7, 11) is 1.80. The van der Waals surface area contributed by atoms with Crippen molar-refractivity contribution in [3.05, 3.63) is 101 Å². The number of fused-ring (bicyclic) bond motifs is 1. The van der Waals surface area contributed by atoms with E-state index in [9.17, 15) is 9.90 Å². The summed E-state index contributed by atoms with van der Waals surface area (Å²) in [6.07, 6.45) is 0.423. The minimum Gasteiger partial charge on any atom is -0.392 e. The Morgan fingerprint density at radius 2 is 1.74 bits per heavy atom. The van der Waals surface area contributed by atoms with Crippen LogP contribution in [0.5, 0.6) is 0 Å². The number of amides is 1. The van der Waals surface area contributed by atoms with Crippen LogP contribution in [0.2, 0.25) is 0 Å². The fraction of sp³-hybridized carbons (Fsp3) is 0.267. The Morgan fingerprint density at radius 1 is 1.00 bits per heavy atom. The van der Waals surface area contributed by atoms with Gasteiger partial charge in [-0.1, -0.05) is 67.2 Å². The van der Waals surface area contributed by atoms with Crippen LogP contribution >= 0.6 is 11.8 Å². The van der Waals surface area contributed by atoms with E-state index in [1.54, 1.807) is 11.7 Å². The smallest absolute Gasteiger partial charge is 0.275 e. The second-order valence-corrected chi connectivity index (χ2v) is 11.0. The van der Waals surface area contributed by atoms with Gasteiger partial charge in [-0.05, 0) is 45.8 Å². The highest BCUT2D eigenvalue weighted by molar-refractivity contribution is 7.99. The lowest BCUT2D eigenvalue weighted by atomic mass is 9.91. The normalized spacial score (nSPS) is 20.5. The second kappa shape index (κ2) is 12.3. The summed E-state index contributed by atoms with van der Waals surface area (Å²) < 4.78 is 14.6. The number of thioether (sulfide) groups is 1. The zero-order valence-electron chi connectivity index (χ0n) is 23.0. The molecule has 0 radical (unpaired) electrons. The number of para-hydroxylation sites is 2. The number of benzene rings is 3. The third-order valence-electron chi connectivity index (χ3n) is 7.20. The molecule has 1 aliphatic rings. The Bertz CT molecular complexity index is 1680. The van der Waals surface area contributed by atoms with Gasteiger partial charge in [-0.2, -0.15) is 0 Å². The first-order valence-electron chi connectivity index (χ1n) is 13.5. The van der Waals surface area contributed by atoms with Gasteiger partial charge in [-0.25, -0.2) is 9.67 Å². The minimum atomic E-state index is -0.636. The van der Waals surface area contributed by atoms with Gasteiger partial charge in [0.2, 0.25) is 5.16 Å². The van der Waals surface area contributed by atoms with Gasteiger partial charge >= 0.3 is 0 Å². The van der Waals surface area contributed by atoms with Crippen molar-refractivity contribution in [1.82, 2.24) is 30.2 Å². The van der Waals surface area contributed by atoms with Crippen LogP contribution in [0.4, 0.5) is 5.69 Å². The molecule has 3 heterocycles. The van der Waals surface area contributed by atoms with Crippen LogP contribution in [0.25, 0.3) is 11.0 Å². The van der Waals surface area contributed by atoms with Crippen molar-refractivity contribution < 1.29 is 19.4 Å². The number of carbonyl (C=O) groups is 1. The van der Waals surface area contributed by atoms with E-state index in [1.807, 2.05) is 72.8 Å². The highest BCUT2D eigenvalue weighted by Crippen LogP contribution is 2.43. The van der Waals surface area contributed by atoms with E-state index in [2.05, 4.69) is 37.7 Å². The molecule has 4 atom stereocenters. The Balaban J connectivity index is 1.19. The minimum absolute atomic E-state index is 0.0194. The largest absolute Gasteiger partial charge is 0.392 e. The number of aliphatic hydroxyl groups is 1. The summed E-state index contributed by atoms with van der Waals surface area (Å²) in [4.78, 5) is 21.6. The SMILES string of the molecule is CC1C(CSc2nnnn2C)OC(c2ccc(NC(=O)c3cnc4ccccc4n3)cc2)OC1c1ccc(CO)cc1. The van der Waals surface area contributed by atoms with Crippen LogP contribution in [-0.2, 0) is 23.1 Å². The molecule has 2 N–H and O–H groups in total. The van der Waals surface area contributed by atoms with Crippen molar-refractivity contribution in [3.8, 4) is 0 Å². The van der Waals surface area contributed by atoms with Gasteiger partial charge in [0.15, 0.2) is 6.29 Å². The quantitative estimate of drug-likeness (QED) is 0.252. The molecule has 1 aliphatic heterocycles. The number of hydrogen-bond donors (Lipinski definition) is 2. The van der Waals surface area contributed by atoms with Crippen LogP contribution in [0.3, 0.4) is 0 Å². The van der Waals surface area contributed by atoms with E-state index in [1.165, 1.54) is 18.0 Å². The molecule has 42 heavy (non-hydrogen) atoms. The molecule has 1 amide bonds. The summed E-state index contributed by atoms with van der Waals surface area (Å²) in [5.41, 5.74) is 4.89. The molecule has 1 saturated heterocycles. The second-order valence-electron chi connectivity index (χ2n) is 10.0. The van der Waals surface area contributed by atoms with E-state index >= 15 is 0 Å². The van der Waals surface area contributed by atoms with Crippen molar-refractivity contribution in [2.45, 2.75) is 37.2 Å². The number of aryl methyl sites for hydroxylation is 1. The Hall–Kier alpha value is -4.23. The molecule has 2 aromatic heterocycles. The van der Waals surface area contributed by atoms with Gasteiger partial charge in [0.25, 0.3) is 5.91 Å². The molecular formula is C30H29N7O4S. The van der Waals surface area contributed by atoms with Crippen LogP contribution < -0.4 is 5.32 Å². The number of ether oxygens (including phenoxy) is 2. The van der Waals surface area contributed by atoms with Gasteiger partial charge < -0.3 is 19.9 Å². The topological polar surface area (TPSA) is 137 Å². The van der Waals surface area contributed by atoms with Crippen LogP contribution in [0, 0.1) is 5.92 Å². The predicted octanol–water partition coefficient (Wildman–Crippen LogP) is 4.48. The molecule has 6 rings (SSSR count). The summed E-state index contributed by atoms with van der Waals surface area (Å²) in [5, 5.41) is 24.8. The van der Waals surface area contributed by atoms with E-state index in [0.717, 1.165) is 22.2 Å². The van der Waals surface area contributed by atoms with Crippen molar-refractivity contribution in [2.24, 2.45) is 13.0 Å². The molecule has 11 nitrogen and oxygen atoms in total. The maximum absolute atomic E-state index is 12.9. The third-order valence-corrected chi connectivity index (χ3v) is 8.30.